The van der Waals surface area contributed by atoms with Crippen LogP contribution in [0.2, 0.25) is 0 Å². The molecule has 0 aromatic rings. The molecule has 0 unspecified atom stereocenters. The van der Waals surface area contributed by atoms with Gasteiger partial charge in [0.15, 0.2) is 5.78 Å². The Labute approximate surface area is 200 Å². The summed E-state index contributed by atoms with van der Waals surface area (Å²) >= 11 is 0. The normalized spacial score (nSPS) is 10.8. The Bertz CT molecular complexity index is 549. The van der Waals surface area contributed by atoms with Crippen molar-refractivity contribution in [1.82, 2.24) is 4.90 Å². The Morgan fingerprint density at radius 2 is 0.939 bits per heavy atom. The average molecular weight is 470 g/mol. The number of rotatable bonds is 24. The van der Waals surface area contributed by atoms with Gasteiger partial charge in [-0.15, -0.1) is 0 Å². The molecule has 0 aliphatic rings. The largest absolute Gasteiger partial charge is 0.481 e. The predicted octanol–water partition coefficient (Wildman–Crippen LogP) is 5.99. The smallest absolute Gasteiger partial charge is 0.305 e. The van der Waals surface area contributed by atoms with E-state index in [0.717, 1.165) is 44.9 Å². The lowest BCUT2D eigenvalue weighted by Crippen LogP contribution is -2.37. The van der Waals surface area contributed by atoms with Crippen LogP contribution in [0.15, 0.2) is 0 Å². The third kappa shape index (κ3) is 21.7. The lowest BCUT2D eigenvalue weighted by Gasteiger charge is -2.21. The predicted molar refractivity (Wildman–Crippen MR) is 130 cm³/mol. The molecule has 0 atom stereocenters. The zero-order valence-electron chi connectivity index (χ0n) is 20.8. The van der Waals surface area contributed by atoms with Crippen molar-refractivity contribution in [2.45, 2.75) is 129 Å². The molecule has 0 saturated heterocycles. The molecule has 0 saturated carbocycles. The van der Waals surface area contributed by atoms with Crippen LogP contribution in [-0.2, 0) is 19.2 Å². The molecule has 0 bridgehead atoms. The van der Waals surface area contributed by atoms with Gasteiger partial charge in [0.25, 0.3) is 0 Å². The standard InChI is InChI=1S/C26H47NO6/c1-2-17-23(28)22-27(21-20-26(32)33)24(29)18-15-13-11-9-7-5-3-4-6-8-10-12-14-16-19-25(30)31/h2-22H2,1H3,(H,30,31)(H,32,33). The number of carbonyl (C=O) groups is 4. The van der Waals surface area contributed by atoms with Crippen molar-refractivity contribution in [1.29, 1.82) is 0 Å². The van der Waals surface area contributed by atoms with E-state index < -0.39 is 11.9 Å². The number of amides is 1. The van der Waals surface area contributed by atoms with Crippen molar-refractivity contribution in [3.05, 3.63) is 0 Å². The van der Waals surface area contributed by atoms with Crippen LogP contribution in [0, 0.1) is 0 Å². The molecule has 0 rings (SSSR count). The topological polar surface area (TPSA) is 112 Å². The molecule has 0 spiro atoms. The Balaban J connectivity index is 3.65. The number of carboxylic acid groups (broad SMARTS) is 2. The summed E-state index contributed by atoms with van der Waals surface area (Å²) in [5.74, 6) is -1.77. The van der Waals surface area contributed by atoms with E-state index in [1.807, 2.05) is 6.92 Å². The fourth-order valence-corrected chi connectivity index (χ4v) is 3.93. The van der Waals surface area contributed by atoms with Gasteiger partial charge < -0.3 is 15.1 Å². The summed E-state index contributed by atoms with van der Waals surface area (Å²) in [6.45, 7) is 2.05. The summed E-state index contributed by atoms with van der Waals surface area (Å²) < 4.78 is 0. The molecule has 1 amide bonds. The molecule has 33 heavy (non-hydrogen) atoms. The molecule has 0 aromatic carbocycles. The third-order valence-electron chi connectivity index (χ3n) is 5.88. The highest BCUT2D eigenvalue weighted by atomic mass is 16.4. The van der Waals surface area contributed by atoms with Gasteiger partial charge in [0, 0.05) is 25.8 Å². The third-order valence-corrected chi connectivity index (χ3v) is 5.88. The van der Waals surface area contributed by atoms with Gasteiger partial charge in [-0.2, -0.15) is 0 Å². The fraction of sp³-hybridized carbons (Fsp3) is 0.846. The molecular weight excluding hydrogens is 422 g/mol. The maximum Gasteiger partial charge on any atom is 0.305 e. The van der Waals surface area contributed by atoms with Crippen LogP contribution < -0.4 is 0 Å². The highest BCUT2D eigenvalue weighted by molar-refractivity contribution is 5.86. The second-order valence-electron chi connectivity index (χ2n) is 9.09. The van der Waals surface area contributed by atoms with E-state index in [-0.39, 0.29) is 31.2 Å². The Kier molecular flexibility index (Phi) is 20.6. The number of carbonyl (C=O) groups excluding carboxylic acids is 2. The van der Waals surface area contributed by atoms with Crippen LogP contribution in [0.3, 0.4) is 0 Å². The first kappa shape index (κ1) is 31.1. The summed E-state index contributed by atoms with van der Waals surface area (Å²) in [6.07, 6.45) is 17.4. The van der Waals surface area contributed by atoms with E-state index in [1.54, 1.807) is 0 Å². The zero-order chi connectivity index (χ0) is 24.7. The van der Waals surface area contributed by atoms with Crippen molar-refractivity contribution < 1.29 is 29.4 Å². The molecule has 0 aliphatic heterocycles. The number of Topliss-reactive ketones (excluding diaryl/α,β-unsaturated/α-hetero) is 1. The lowest BCUT2D eigenvalue weighted by atomic mass is 10.0. The Morgan fingerprint density at radius 1 is 0.545 bits per heavy atom. The van der Waals surface area contributed by atoms with Crippen LogP contribution in [-0.4, -0.2) is 51.8 Å². The summed E-state index contributed by atoms with van der Waals surface area (Å²) in [6, 6.07) is 0. The fourth-order valence-electron chi connectivity index (χ4n) is 3.93. The second-order valence-corrected chi connectivity index (χ2v) is 9.09. The monoisotopic (exact) mass is 469 g/mol. The van der Waals surface area contributed by atoms with E-state index in [0.29, 0.717) is 19.3 Å². The zero-order valence-corrected chi connectivity index (χ0v) is 20.8. The van der Waals surface area contributed by atoms with Gasteiger partial charge in [0.1, 0.15) is 0 Å². The van der Waals surface area contributed by atoms with Crippen LogP contribution in [0.1, 0.15) is 129 Å². The van der Waals surface area contributed by atoms with E-state index in [9.17, 15) is 19.2 Å². The SMILES string of the molecule is CCCC(=O)CN(CCC(=O)O)C(=O)CCCCCCCCCCCCCCCCC(=O)O. The van der Waals surface area contributed by atoms with Gasteiger partial charge >= 0.3 is 11.9 Å². The molecule has 7 nitrogen and oxygen atoms in total. The number of hydrogen-bond acceptors (Lipinski definition) is 4. The lowest BCUT2D eigenvalue weighted by molar-refractivity contribution is -0.140. The van der Waals surface area contributed by atoms with Gasteiger partial charge in [-0.05, 0) is 19.3 Å². The first-order valence-electron chi connectivity index (χ1n) is 13.1. The minimum absolute atomic E-state index is 0.00743. The van der Waals surface area contributed by atoms with Crippen LogP contribution in [0.4, 0.5) is 0 Å². The summed E-state index contributed by atoms with van der Waals surface area (Å²) in [5.41, 5.74) is 0. The molecule has 0 heterocycles. The second kappa shape index (κ2) is 21.9. The molecule has 192 valence electrons. The average Bonchev–Trinajstić information content (AvgIpc) is 2.75. The molecule has 0 aromatic heterocycles. The number of unbranched alkanes of at least 4 members (excludes halogenated alkanes) is 13. The van der Waals surface area contributed by atoms with E-state index in [4.69, 9.17) is 10.2 Å². The van der Waals surface area contributed by atoms with Crippen molar-refractivity contribution in [2.24, 2.45) is 0 Å². The number of aliphatic carboxylic acids is 2. The van der Waals surface area contributed by atoms with Gasteiger partial charge in [0.05, 0.1) is 13.0 Å². The highest BCUT2D eigenvalue weighted by Gasteiger charge is 2.17. The molecule has 2 N–H and O–H groups in total. The molecule has 7 heteroatoms. The van der Waals surface area contributed by atoms with Crippen molar-refractivity contribution >= 4 is 23.6 Å². The van der Waals surface area contributed by atoms with Crippen LogP contribution in [0.5, 0.6) is 0 Å². The van der Waals surface area contributed by atoms with Crippen LogP contribution in [0.25, 0.3) is 0 Å². The summed E-state index contributed by atoms with van der Waals surface area (Å²) in [4.78, 5) is 47.0. The molecule has 0 aliphatic carbocycles. The first-order valence-corrected chi connectivity index (χ1v) is 13.1. The summed E-state index contributed by atoms with van der Waals surface area (Å²) in [7, 11) is 0. The molecule has 0 radical (unpaired) electrons. The highest BCUT2D eigenvalue weighted by Crippen LogP contribution is 2.14. The minimum Gasteiger partial charge on any atom is -0.481 e. The quantitative estimate of drug-likeness (QED) is 0.168. The van der Waals surface area contributed by atoms with Crippen LogP contribution >= 0.6 is 0 Å². The van der Waals surface area contributed by atoms with Gasteiger partial charge in [-0.1, -0.05) is 84.0 Å². The number of ketones is 1. The minimum atomic E-state index is -0.955. The Morgan fingerprint density at radius 3 is 1.33 bits per heavy atom. The number of nitrogens with zero attached hydrogens (tertiary/aromatic N) is 1. The number of carboxylic acids is 2. The van der Waals surface area contributed by atoms with Gasteiger partial charge in [0.2, 0.25) is 5.91 Å². The van der Waals surface area contributed by atoms with Crippen molar-refractivity contribution in [2.75, 3.05) is 13.1 Å². The van der Waals surface area contributed by atoms with Gasteiger partial charge in [-0.3, -0.25) is 19.2 Å². The van der Waals surface area contributed by atoms with E-state index in [2.05, 4.69) is 0 Å². The number of hydrogen-bond donors (Lipinski definition) is 2. The maximum atomic E-state index is 12.4. The maximum absolute atomic E-state index is 12.4. The van der Waals surface area contributed by atoms with E-state index in [1.165, 1.54) is 56.3 Å². The Hall–Kier alpha value is -1.92. The van der Waals surface area contributed by atoms with Gasteiger partial charge in [-0.25, -0.2) is 0 Å². The first-order chi connectivity index (χ1) is 15.9. The molecular formula is C26H47NO6. The molecule has 0 fully saturated rings. The summed E-state index contributed by atoms with van der Waals surface area (Å²) in [5, 5.41) is 17.5. The van der Waals surface area contributed by atoms with Crippen molar-refractivity contribution in [3.8, 4) is 0 Å². The van der Waals surface area contributed by atoms with Crippen molar-refractivity contribution in [3.63, 3.8) is 0 Å². The van der Waals surface area contributed by atoms with E-state index >= 15 is 0 Å².